The van der Waals surface area contributed by atoms with E-state index in [1.165, 1.54) is 0 Å². The van der Waals surface area contributed by atoms with E-state index in [0.29, 0.717) is 19.4 Å². The SMILES string of the molecule is CC[C@H]1CN(C(=O)C(F)(F)F)C2(CC2)CN1Cc1ccccc1. The minimum Gasteiger partial charge on any atom is -0.326 e. The van der Waals surface area contributed by atoms with Crippen LogP contribution in [0.5, 0.6) is 0 Å². The molecule has 1 aliphatic heterocycles. The summed E-state index contributed by atoms with van der Waals surface area (Å²) in [5.74, 6) is -1.67. The van der Waals surface area contributed by atoms with Crippen molar-refractivity contribution in [3.05, 3.63) is 35.9 Å². The van der Waals surface area contributed by atoms with E-state index in [1.807, 2.05) is 37.3 Å². The van der Waals surface area contributed by atoms with Crippen LogP contribution in [0.15, 0.2) is 30.3 Å². The molecule has 1 aromatic carbocycles. The summed E-state index contributed by atoms with van der Waals surface area (Å²) in [4.78, 5) is 15.1. The summed E-state index contributed by atoms with van der Waals surface area (Å²) in [6, 6.07) is 9.90. The number of alkyl halides is 3. The predicted octanol–water partition coefficient (Wildman–Crippen LogP) is 3.20. The minimum absolute atomic E-state index is 0.0345. The smallest absolute Gasteiger partial charge is 0.326 e. The summed E-state index contributed by atoms with van der Waals surface area (Å²) in [6.07, 6.45) is -2.73. The number of hydrogen-bond acceptors (Lipinski definition) is 2. The molecule has 1 amide bonds. The fraction of sp³-hybridized carbons (Fsp3) is 0.588. The molecule has 1 heterocycles. The maximum atomic E-state index is 12.9. The molecule has 23 heavy (non-hydrogen) atoms. The van der Waals surface area contributed by atoms with Crippen LogP contribution in [0.3, 0.4) is 0 Å². The van der Waals surface area contributed by atoms with Gasteiger partial charge in [0.05, 0.1) is 5.54 Å². The van der Waals surface area contributed by atoms with Crippen molar-refractivity contribution in [2.24, 2.45) is 0 Å². The van der Waals surface area contributed by atoms with Crippen LogP contribution in [-0.4, -0.2) is 46.6 Å². The molecule has 0 N–H and O–H groups in total. The second-order valence-electron chi connectivity index (χ2n) is 6.59. The van der Waals surface area contributed by atoms with Crippen LogP contribution in [0.25, 0.3) is 0 Å². The first kappa shape index (κ1) is 16.3. The Labute approximate surface area is 134 Å². The summed E-state index contributed by atoms with van der Waals surface area (Å²) in [7, 11) is 0. The first-order chi connectivity index (χ1) is 10.9. The first-order valence-electron chi connectivity index (χ1n) is 8.02. The van der Waals surface area contributed by atoms with Crippen molar-refractivity contribution in [3.8, 4) is 0 Å². The van der Waals surface area contributed by atoms with E-state index in [-0.39, 0.29) is 12.6 Å². The van der Waals surface area contributed by atoms with Crippen LogP contribution in [-0.2, 0) is 11.3 Å². The van der Waals surface area contributed by atoms with Crippen LogP contribution in [0.2, 0.25) is 0 Å². The molecular formula is C17H21F3N2O. The van der Waals surface area contributed by atoms with Crippen molar-refractivity contribution in [3.63, 3.8) is 0 Å². The van der Waals surface area contributed by atoms with Crippen LogP contribution in [0.1, 0.15) is 31.7 Å². The van der Waals surface area contributed by atoms with Crippen molar-refractivity contribution < 1.29 is 18.0 Å². The maximum absolute atomic E-state index is 12.9. The Balaban J connectivity index is 1.78. The average molecular weight is 326 g/mol. The number of rotatable bonds is 3. The Hall–Kier alpha value is -1.56. The molecule has 1 atom stereocenters. The minimum atomic E-state index is -4.78. The summed E-state index contributed by atoms with van der Waals surface area (Å²) < 4.78 is 38.6. The second-order valence-corrected chi connectivity index (χ2v) is 6.59. The lowest BCUT2D eigenvalue weighted by atomic mass is 10.0. The molecule has 1 aromatic rings. The second kappa shape index (κ2) is 5.82. The monoisotopic (exact) mass is 326 g/mol. The van der Waals surface area contributed by atoms with Gasteiger partial charge >= 0.3 is 12.1 Å². The van der Waals surface area contributed by atoms with E-state index in [0.717, 1.165) is 23.4 Å². The van der Waals surface area contributed by atoms with E-state index in [1.54, 1.807) is 0 Å². The summed E-state index contributed by atoms with van der Waals surface area (Å²) in [5.41, 5.74) is 0.546. The van der Waals surface area contributed by atoms with Crippen molar-refractivity contribution in [2.45, 2.75) is 50.5 Å². The van der Waals surface area contributed by atoms with Gasteiger partial charge in [-0.15, -0.1) is 0 Å². The lowest BCUT2D eigenvalue weighted by Gasteiger charge is -2.47. The fourth-order valence-electron chi connectivity index (χ4n) is 3.53. The normalized spacial score (nSPS) is 24.0. The number of hydrogen-bond donors (Lipinski definition) is 0. The zero-order chi connectivity index (χ0) is 16.7. The molecule has 1 aliphatic carbocycles. The lowest BCUT2D eigenvalue weighted by molar-refractivity contribution is -0.193. The summed E-state index contributed by atoms with van der Waals surface area (Å²) in [6.45, 7) is 3.38. The van der Waals surface area contributed by atoms with E-state index < -0.39 is 17.6 Å². The zero-order valence-corrected chi connectivity index (χ0v) is 13.1. The topological polar surface area (TPSA) is 23.6 Å². The van der Waals surface area contributed by atoms with Gasteiger partial charge in [-0.25, -0.2) is 0 Å². The van der Waals surface area contributed by atoms with E-state index >= 15 is 0 Å². The molecule has 6 heteroatoms. The third-order valence-electron chi connectivity index (χ3n) is 4.99. The number of nitrogens with zero attached hydrogens (tertiary/aromatic N) is 2. The van der Waals surface area contributed by atoms with Crippen LogP contribution >= 0.6 is 0 Å². The highest BCUT2D eigenvalue weighted by Gasteiger charge is 2.59. The molecule has 0 bridgehead atoms. The van der Waals surface area contributed by atoms with Gasteiger partial charge in [0.1, 0.15) is 0 Å². The standard InChI is InChI=1S/C17H21F3N2O/c1-2-14-11-22(15(23)17(18,19)20)16(8-9-16)12-21(14)10-13-6-4-3-5-7-13/h3-7,14H,2,8-12H2,1H3/t14-/m0/s1. The molecule has 3 nitrogen and oxygen atoms in total. The number of piperazine rings is 1. The van der Waals surface area contributed by atoms with Crippen molar-refractivity contribution in [2.75, 3.05) is 13.1 Å². The molecule has 1 saturated heterocycles. The Morgan fingerprint density at radius 2 is 1.91 bits per heavy atom. The average Bonchev–Trinajstić information content (AvgIpc) is 3.27. The van der Waals surface area contributed by atoms with E-state index in [2.05, 4.69) is 4.90 Å². The van der Waals surface area contributed by atoms with Crippen LogP contribution in [0, 0.1) is 0 Å². The number of carbonyl (C=O) groups is 1. The highest BCUT2D eigenvalue weighted by Crippen LogP contribution is 2.47. The Bertz CT molecular complexity index is 569. The number of amides is 1. The van der Waals surface area contributed by atoms with Gasteiger partial charge in [-0.3, -0.25) is 9.69 Å². The van der Waals surface area contributed by atoms with Crippen LogP contribution < -0.4 is 0 Å². The van der Waals surface area contributed by atoms with Crippen molar-refractivity contribution >= 4 is 5.91 Å². The highest BCUT2D eigenvalue weighted by atomic mass is 19.4. The van der Waals surface area contributed by atoms with Crippen molar-refractivity contribution in [1.29, 1.82) is 0 Å². The third kappa shape index (κ3) is 3.22. The molecule has 2 fully saturated rings. The molecule has 3 rings (SSSR count). The number of benzene rings is 1. The van der Waals surface area contributed by atoms with E-state index in [9.17, 15) is 18.0 Å². The highest BCUT2D eigenvalue weighted by molar-refractivity contribution is 5.83. The van der Waals surface area contributed by atoms with Gasteiger partial charge in [-0.2, -0.15) is 13.2 Å². The van der Waals surface area contributed by atoms with Gasteiger partial charge in [0.25, 0.3) is 0 Å². The zero-order valence-electron chi connectivity index (χ0n) is 13.1. The molecule has 0 aromatic heterocycles. The Morgan fingerprint density at radius 3 is 2.43 bits per heavy atom. The van der Waals surface area contributed by atoms with Gasteiger partial charge in [-0.05, 0) is 24.8 Å². The quantitative estimate of drug-likeness (QED) is 0.851. The molecule has 0 radical (unpaired) electrons. The largest absolute Gasteiger partial charge is 0.471 e. The molecule has 2 aliphatic rings. The van der Waals surface area contributed by atoms with Gasteiger partial charge in [0.15, 0.2) is 0 Å². The predicted molar refractivity (Wildman–Crippen MR) is 80.7 cm³/mol. The summed E-state index contributed by atoms with van der Waals surface area (Å²) in [5, 5.41) is 0. The maximum Gasteiger partial charge on any atom is 0.471 e. The molecule has 126 valence electrons. The van der Waals surface area contributed by atoms with Gasteiger partial charge in [-0.1, -0.05) is 37.3 Å². The summed E-state index contributed by atoms with van der Waals surface area (Å²) >= 11 is 0. The van der Waals surface area contributed by atoms with Crippen LogP contribution in [0.4, 0.5) is 13.2 Å². The Morgan fingerprint density at radius 1 is 1.26 bits per heavy atom. The van der Waals surface area contributed by atoms with Crippen molar-refractivity contribution in [1.82, 2.24) is 9.80 Å². The number of carbonyl (C=O) groups excluding carboxylic acids is 1. The lowest BCUT2D eigenvalue weighted by Crippen LogP contribution is -2.63. The van der Waals surface area contributed by atoms with Gasteiger partial charge in [0, 0.05) is 25.7 Å². The van der Waals surface area contributed by atoms with Gasteiger partial charge < -0.3 is 4.90 Å². The Kier molecular flexibility index (Phi) is 4.12. The first-order valence-corrected chi connectivity index (χ1v) is 8.02. The number of halogens is 3. The fourth-order valence-corrected chi connectivity index (χ4v) is 3.53. The molecule has 0 unspecified atom stereocenters. The van der Waals surface area contributed by atoms with E-state index in [4.69, 9.17) is 0 Å². The third-order valence-corrected chi connectivity index (χ3v) is 4.99. The molecule has 1 spiro atoms. The molecular weight excluding hydrogens is 305 g/mol. The van der Waals surface area contributed by atoms with Gasteiger partial charge in [0.2, 0.25) is 0 Å². The molecule has 1 saturated carbocycles.